The number of rotatable bonds is 0. The topological polar surface area (TPSA) is 43.4 Å². The molecule has 3 heteroatoms. The van der Waals surface area contributed by atoms with Gasteiger partial charge in [-0.15, -0.1) is 0 Å². The maximum absolute atomic E-state index is 14.0. The van der Waals surface area contributed by atoms with Crippen molar-refractivity contribution in [1.82, 2.24) is 0 Å². The third kappa shape index (κ3) is 2.39. The molecule has 10 atom stereocenters. The average Bonchev–Trinajstić information content (AvgIpc) is 2.88. The van der Waals surface area contributed by atoms with Gasteiger partial charge in [0.05, 0.1) is 5.41 Å². The SMILES string of the molecule is C[C@H]1C(=O)CC[C@@H]2[C@]1(C)CC[C@H]1[C@@]2(C)CC[C@@]23C(=O)O[C@@H](C[C@@]4(C)CCC(C)(C)C[C@H]42)[C@]13C. The Morgan fingerprint density at radius 1 is 0.758 bits per heavy atom. The molecule has 1 heterocycles. The van der Waals surface area contributed by atoms with Crippen molar-refractivity contribution in [1.29, 1.82) is 0 Å². The predicted molar refractivity (Wildman–Crippen MR) is 129 cm³/mol. The van der Waals surface area contributed by atoms with E-state index in [2.05, 4.69) is 48.5 Å². The molecule has 6 fully saturated rings. The largest absolute Gasteiger partial charge is 0.461 e. The summed E-state index contributed by atoms with van der Waals surface area (Å²) in [5, 5.41) is 0. The van der Waals surface area contributed by atoms with Crippen LogP contribution in [-0.4, -0.2) is 17.9 Å². The smallest absolute Gasteiger partial charge is 0.313 e. The minimum Gasteiger partial charge on any atom is -0.461 e. The molecule has 0 aromatic carbocycles. The first kappa shape index (κ1) is 22.6. The quantitative estimate of drug-likeness (QED) is 0.371. The second kappa shape index (κ2) is 6.28. The zero-order valence-electron chi connectivity index (χ0n) is 22.2. The predicted octanol–water partition coefficient (Wildman–Crippen LogP) is 6.97. The maximum atomic E-state index is 14.0. The molecule has 1 aliphatic heterocycles. The van der Waals surface area contributed by atoms with Crippen molar-refractivity contribution in [3.8, 4) is 0 Å². The first-order valence-corrected chi connectivity index (χ1v) is 14.0. The number of hydrogen-bond donors (Lipinski definition) is 0. The molecule has 0 aromatic heterocycles. The second-order valence-electron chi connectivity index (χ2n) is 15.3. The summed E-state index contributed by atoms with van der Waals surface area (Å²) < 4.78 is 6.45. The van der Waals surface area contributed by atoms with E-state index in [1.165, 1.54) is 12.8 Å². The van der Waals surface area contributed by atoms with Gasteiger partial charge in [0, 0.05) is 17.8 Å². The van der Waals surface area contributed by atoms with Crippen LogP contribution in [0, 0.1) is 56.2 Å². The number of Topliss-reactive ketones (excluding diaryl/α,β-unsaturated/α-hetero) is 1. The van der Waals surface area contributed by atoms with Crippen molar-refractivity contribution < 1.29 is 14.3 Å². The van der Waals surface area contributed by atoms with Crippen LogP contribution in [0.2, 0.25) is 0 Å². The van der Waals surface area contributed by atoms with Crippen LogP contribution in [0.25, 0.3) is 0 Å². The van der Waals surface area contributed by atoms with Crippen molar-refractivity contribution in [3.05, 3.63) is 0 Å². The fraction of sp³-hybridized carbons (Fsp3) is 0.933. The fourth-order valence-corrected chi connectivity index (χ4v) is 11.7. The molecule has 184 valence electrons. The average molecular weight is 455 g/mol. The Bertz CT molecular complexity index is 922. The summed E-state index contributed by atoms with van der Waals surface area (Å²) in [5.41, 5.74) is 0.470. The van der Waals surface area contributed by atoms with Gasteiger partial charge in [-0.05, 0) is 97.2 Å². The van der Waals surface area contributed by atoms with Gasteiger partial charge in [0.15, 0.2) is 0 Å². The normalized spacial score (nSPS) is 59.1. The van der Waals surface area contributed by atoms with E-state index in [-0.39, 0.29) is 45.1 Å². The lowest BCUT2D eigenvalue weighted by Crippen LogP contribution is -2.70. The van der Waals surface area contributed by atoms with Crippen molar-refractivity contribution in [2.45, 2.75) is 119 Å². The summed E-state index contributed by atoms with van der Waals surface area (Å²) in [7, 11) is 0. The Hall–Kier alpha value is -0.860. The molecule has 0 radical (unpaired) electrons. The van der Waals surface area contributed by atoms with E-state index < -0.39 is 0 Å². The van der Waals surface area contributed by atoms with E-state index >= 15 is 0 Å². The summed E-state index contributed by atoms with van der Waals surface area (Å²) in [4.78, 5) is 26.7. The third-order valence-electron chi connectivity index (χ3n) is 13.8. The number of carbonyl (C=O) groups is 2. The van der Waals surface area contributed by atoms with Crippen LogP contribution in [0.1, 0.15) is 113 Å². The molecule has 3 nitrogen and oxygen atoms in total. The lowest BCUT2D eigenvalue weighted by atomic mass is 9.30. The summed E-state index contributed by atoms with van der Waals surface area (Å²) in [5.74, 6) is 2.34. The van der Waals surface area contributed by atoms with E-state index in [0.717, 1.165) is 51.4 Å². The highest BCUT2D eigenvalue weighted by Gasteiger charge is 2.81. The molecule has 5 saturated carbocycles. The molecule has 0 amide bonds. The molecule has 33 heavy (non-hydrogen) atoms. The number of carbonyl (C=O) groups excluding carboxylic acids is 2. The van der Waals surface area contributed by atoms with Crippen LogP contribution in [0.3, 0.4) is 0 Å². The van der Waals surface area contributed by atoms with Crippen molar-refractivity contribution in [2.75, 3.05) is 0 Å². The molecule has 1 saturated heterocycles. The Morgan fingerprint density at radius 3 is 2.21 bits per heavy atom. The Labute approximate surface area is 201 Å². The molecule has 0 aromatic rings. The van der Waals surface area contributed by atoms with Crippen LogP contribution in [-0.2, 0) is 14.3 Å². The van der Waals surface area contributed by atoms with Crippen molar-refractivity contribution >= 4 is 11.8 Å². The number of hydrogen-bond acceptors (Lipinski definition) is 3. The minimum absolute atomic E-state index is 0.0687. The molecule has 5 aliphatic carbocycles. The maximum Gasteiger partial charge on any atom is 0.313 e. The minimum atomic E-state index is -0.309. The van der Waals surface area contributed by atoms with Crippen molar-refractivity contribution in [2.24, 2.45) is 56.2 Å². The number of ether oxygens (including phenoxy) is 1. The summed E-state index contributed by atoms with van der Waals surface area (Å²) in [6.07, 6.45) is 11.0. The van der Waals surface area contributed by atoms with Crippen LogP contribution < -0.4 is 0 Å². The molecular formula is C30H46O3. The van der Waals surface area contributed by atoms with Gasteiger partial charge in [-0.1, -0.05) is 48.5 Å². The Balaban J connectivity index is 1.47. The summed E-state index contributed by atoms with van der Waals surface area (Å²) in [6.45, 7) is 17.0. The number of esters is 1. The highest BCUT2D eigenvalue weighted by atomic mass is 16.6. The molecule has 6 rings (SSSR count). The van der Waals surface area contributed by atoms with E-state index in [9.17, 15) is 9.59 Å². The second-order valence-corrected chi connectivity index (χ2v) is 15.3. The number of ketones is 1. The van der Waals surface area contributed by atoms with Gasteiger partial charge < -0.3 is 4.74 Å². The number of fused-ring (bicyclic) bond motifs is 4. The molecular weight excluding hydrogens is 408 g/mol. The van der Waals surface area contributed by atoms with Gasteiger partial charge in [-0.25, -0.2) is 0 Å². The van der Waals surface area contributed by atoms with Crippen LogP contribution in [0.15, 0.2) is 0 Å². The van der Waals surface area contributed by atoms with E-state index in [0.29, 0.717) is 29.0 Å². The van der Waals surface area contributed by atoms with Gasteiger partial charge in [-0.2, -0.15) is 0 Å². The standard InChI is InChI=1S/C30H46O3/c1-18-19(31)8-9-20-27(18,5)11-10-21-28(20,6)14-15-30-22-16-25(2,3)12-13-26(22,4)17-23(29(21,30)7)33-24(30)32/h18,20-23H,8-17H2,1-7H3/t18-,20+,21-,22+,23-,26+,27+,28-,29-,30-/m0/s1. The van der Waals surface area contributed by atoms with Gasteiger partial charge in [0.25, 0.3) is 0 Å². The highest BCUT2D eigenvalue weighted by Crippen LogP contribution is 2.80. The van der Waals surface area contributed by atoms with E-state index in [1.54, 1.807) is 0 Å². The first-order chi connectivity index (χ1) is 15.2. The van der Waals surface area contributed by atoms with Crippen LogP contribution in [0.5, 0.6) is 0 Å². The monoisotopic (exact) mass is 454 g/mol. The molecule has 6 aliphatic rings. The van der Waals surface area contributed by atoms with Crippen molar-refractivity contribution in [3.63, 3.8) is 0 Å². The van der Waals surface area contributed by atoms with Gasteiger partial charge >= 0.3 is 5.97 Å². The highest BCUT2D eigenvalue weighted by molar-refractivity contribution is 5.83. The molecule has 0 spiro atoms. The van der Waals surface area contributed by atoms with Gasteiger partial charge in [0.2, 0.25) is 0 Å². The lowest BCUT2D eigenvalue weighted by molar-refractivity contribution is -0.249. The van der Waals surface area contributed by atoms with E-state index in [4.69, 9.17) is 4.74 Å². The molecule has 0 unspecified atom stereocenters. The molecule has 0 N–H and O–H groups in total. The zero-order chi connectivity index (χ0) is 23.8. The van der Waals surface area contributed by atoms with Gasteiger partial charge in [-0.3, -0.25) is 9.59 Å². The van der Waals surface area contributed by atoms with Gasteiger partial charge in [0.1, 0.15) is 11.9 Å². The summed E-state index contributed by atoms with van der Waals surface area (Å²) in [6, 6.07) is 0. The fourth-order valence-electron chi connectivity index (χ4n) is 11.7. The van der Waals surface area contributed by atoms with Crippen LogP contribution in [0.4, 0.5) is 0 Å². The summed E-state index contributed by atoms with van der Waals surface area (Å²) >= 11 is 0. The van der Waals surface area contributed by atoms with E-state index in [1.807, 2.05) is 0 Å². The van der Waals surface area contributed by atoms with Crippen LogP contribution >= 0.6 is 0 Å². The molecule has 2 bridgehead atoms. The first-order valence-electron chi connectivity index (χ1n) is 14.0. The third-order valence-corrected chi connectivity index (χ3v) is 13.8. The Morgan fingerprint density at radius 2 is 1.48 bits per heavy atom. The lowest BCUT2D eigenvalue weighted by Gasteiger charge is -2.72. The Kier molecular flexibility index (Phi) is 4.30. The zero-order valence-corrected chi connectivity index (χ0v) is 22.2.